The molecule has 112 valence electrons. The highest BCUT2D eigenvalue weighted by molar-refractivity contribution is 6.35. The molecule has 0 aliphatic heterocycles. The molecule has 0 aliphatic rings. The van der Waals surface area contributed by atoms with Gasteiger partial charge < -0.3 is 15.4 Å². The van der Waals surface area contributed by atoms with Crippen LogP contribution >= 0.6 is 0 Å². The van der Waals surface area contributed by atoms with E-state index in [1.807, 2.05) is 42.5 Å². The number of carbonyl (C=O) groups is 1. The van der Waals surface area contributed by atoms with Crippen LogP contribution in [-0.4, -0.2) is 28.2 Å². The fourth-order valence-electron chi connectivity index (χ4n) is 2.06. The van der Waals surface area contributed by atoms with Gasteiger partial charge in [0.25, 0.3) is 0 Å². The second-order valence-electron chi connectivity index (χ2n) is 4.60. The van der Waals surface area contributed by atoms with E-state index in [0.717, 1.165) is 11.1 Å². The topological polar surface area (TPSA) is 82.9 Å². The molecule has 0 saturated carbocycles. The van der Waals surface area contributed by atoms with Gasteiger partial charge in [-0.3, -0.25) is 0 Å². The van der Waals surface area contributed by atoms with Crippen molar-refractivity contribution in [3.63, 3.8) is 0 Å². The zero-order valence-electron chi connectivity index (χ0n) is 12.1. The fraction of sp³-hybridized carbons (Fsp3) is 0.176. The quantitative estimate of drug-likeness (QED) is 0.398. The average molecular weight is 296 g/mol. The second-order valence-corrected chi connectivity index (χ2v) is 4.60. The Labute approximate surface area is 128 Å². The molecule has 2 rings (SSSR count). The molecule has 0 aromatic heterocycles. The van der Waals surface area contributed by atoms with E-state index in [1.165, 1.54) is 0 Å². The number of hydrogen-bond donors (Lipinski definition) is 1. The first-order valence-electron chi connectivity index (χ1n) is 6.90. The van der Waals surface area contributed by atoms with Gasteiger partial charge >= 0.3 is 11.7 Å². The summed E-state index contributed by atoms with van der Waals surface area (Å²) in [6.45, 7) is 1.77. The van der Waals surface area contributed by atoms with Gasteiger partial charge in [0.2, 0.25) is 0 Å². The van der Waals surface area contributed by atoms with E-state index in [4.69, 9.17) is 10.3 Å². The Bertz CT molecular complexity index is 690. The summed E-state index contributed by atoms with van der Waals surface area (Å²) >= 11 is 0. The van der Waals surface area contributed by atoms with E-state index >= 15 is 0 Å². The van der Waals surface area contributed by atoms with Crippen molar-refractivity contribution in [2.75, 3.05) is 6.61 Å². The highest BCUT2D eigenvalue weighted by Gasteiger charge is 2.32. The molecule has 0 aliphatic carbocycles. The van der Waals surface area contributed by atoms with Crippen molar-refractivity contribution in [3.8, 4) is 11.1 Å². The summed E-state index contributed by atoms with van der Waals surface area (Å²) in [6.07, 6.45) is -1.34. The van der Waals surface area contributed by atoms with E-state index < -0.39 is 17.8 Å². The smallest absolute Gasteiger partial charge is 0.420 e. The van der Waals surface area contributed by atoms with Gasteiger partial charge in [-0.15, -0.1) is 0 Å². The first-order valence-corrected chi connectivity index (χ1v) is 6.90. The van der Waals surface area contributed by atoms with E-state index in [0.29, 0.717) is 5.56 Å². The zero-order valence-corrected chi connectivity index (χ0v) is 12.1. The summed E-state index contributed by atoms with van der Waals surface area (Å²) in [4.78, 5) is 14.5. The largest absolute Gasteiger partial charge is 0.457 e. The first kappa shape index (κ1) is 15.6. The van der Waals surface area contributed by atoms with Crippen LogP contribution < -0.4 is 0 Å². The molecule has 22 heavy (non-hydrogen) atoms. The Balaban J connectivity index is 2.23. The van der Waals surface area contributed by atoms with Crippen molar-refractivity contribution in [3.05, 3.63) is 65.7 Å². The van der Waals surface area contributed by atoms with E-state index in [-0.39, 0.29) is 6.61 Å². The van der Waals surface area contributed by atoms with E-state index in [2.05, 4.69) is 4.79 Å². The standard InChI is InChI=1S/C17H16N2O3/c1-2-22-17(21)15(19-18)16(20)14-10-8-13(9-11-14)12-6-4-3-5-7-12/h3-11,16,20H,2H2,1H3. The van der Waals surface area contributed by atoms with Gasteiger partial charge in [0.15, 0.2) is 6.10 Å². The average Bonchev–Trinajstić information content (AvgIpc) is 2.56. The number of aliphatic hydroxyl groups excluding tert-OH is 1. The van der Waals surface area contributed by atoms with Crippen LogP contribution in [0.3, 0.4) is 0 Å². The Kier molecular flexibility index (Phi) is 5.20. The number of rotatable bonds is 5. The lowest BCUT2D eigenvalue weighted by Gasteiger charge is -2.08. The molecule has 0 amide bonds. The normalized spacial score (nSPS) is 11.4. The number of hydrogen-bond acceptors (Lipinski definition) is 3. The van der Waals surface area contributed by atoms with Crippen molar-refractivity contribution >= 4 is 11.7 Å². The molecular formula is C17H16N2O3. The highest BCUT2D eigenvalue weighted by atomic mass is 16.5. The van der Waals surface area contributed by atoms with Gasteiger partial charge in [0.05, 0.1) is 6.61 Å². The molecule has 0 fully saturated rings. The summed E-state index contributed by atoms with van der Waals surface area (Å²) in [7, 11) is 0. The van der Waals surface area contributed by atoms with Crippen molar-refractivity contribution in [2.45, 2.75) is 13.0 Å². The number of nitrogens with zero attached hydrogens (tertiary/aromatic N) is 2. The van der Waals surface area contributed by atoms with Crippen LogP contribution in [0.15, 0.2) is 54.6 Å². The number of esters is 1. The van der Waals surface area contributed by atoms with Gasteiger partial charge in [-0.1, -0.05) is 54.6 Å². The minimum atomic E-state index is -1.34. The lowest BCUT2D eigenvalue weighted by molar-refractivity contribution is -0.141. The Morgan fingerprint density at radius 1 is 1.14 bits per heavy atom. The van der Waals surface area contributed by atoms with Gasteiger partial charge in [-0.05, 0) is 23.6 Å². The number of benzene rings is 2. The molecule has 2 aromatic carbocycles. The molecule has 0 saturated heterocycles. The fourth-order valence-corrected chi connectivity index (χ4v) is 2.06. The Morgan fingerprint density at radius 2 is 1.73 bits per heavy atom. The minimum absolute atomic E-state index is 0.136. The van der Waals surface area contributed by atoms with E-state index in [1.54, 1.807) is 19.1 Å². The Hall–Kier alpha value is -2.75. The summed E-state index contributed by atoms with van der Waals surface area (Å²) < 4.78 is 4.74. The van der Waals surface area contributed by atoms with Crippen molar-refractivity contribution in [2.24, 2.45) is 0 Å². The van der Waals surface area contributed by atoms with Crippen LogP contribution in [0.4, 0.5) is 0 Å². The second kappa shape index (κ2) is 7.31. The molecule has 5 heteroatoms. The lowest BCUT2D eigenvalue weighted by atomic mass is 10.00. The predicted molar refractivity (Wildman–Crippen MR) is 82.1 cm³/mol. The van der Waals surface area contributed by atoms with Crippen LogP contribution in [0, 0.1) is 0 Å². The summed E-state index contributed by atoms with van der Waals surface area (Å²) in [5, 5.41) is 10.1. The van der Waals surface area contributed by atoms with Crippen molar-refractivity contribution < 1.29 is 19.4 Å². The van der Waals surface area contributed by atoms with Gasteiger partial charge in [-0.25, -0.2) is 4.79 Å². The zero-order chi connectivity index (χ0) is 15.9. The highest BCUT2D eigenvalue weighted by Crippen LogP contribution is 2.22. The molecule has 1 unspecified atom stereocenters. The van der Waals surface area contributed by atoms with Gasteiger partial charge in [0.1, 0.15) is 0 Å². The summed E-state index contributed by atoms with van der Waals surface area (Å²) in [5.41, 5.74) is 11.0. The van der Waals surface area contributed by atoms with Crippen LogP contribution in [0.25, 0.3) is 16.7 Å². The monoisotopic (exact) mass is 296 g/mol. The lowest BCUT2D eigenvalue weighted by Crippen LogP contribution is -2.25. The maximum atomic E-state index is 11.6. The molecule has 0 bridgehead atoms. The first-order chi connectivity index (χ1) is 10.7. The molecule has 1 N–H and O–H groups in total. The van der Waals surface area contributed by atoms with Crippen LogP contribution in [0.5, 0.6) is 0 Å². The maximum Gasteiger partial charge on any atom is 0.420 e. The maximum absolute atomic E-state index is 11.6. The van der Waals surface area contributed by atoms with Crippen LogP contribution in [0.1, 0.15) is 18.6 Å². The number of aliphatic hydroxyl groups is 1. The third-order valence-electron chi connectivity index (χ3n) is 3.18. The summed E-state index contributed by atoms with van der Waals surface area (Å²) in [6, 6.07) is 16.8. The molecule has 2 aromatic rings. The molecule has 1 atom stereocenters. The number of ether oxygens (including phenoxy) is 1. The van der Waals surface area contributed by atoms with Crippen molar-refractivity contribution in [1.29, 1.82) is 0 Å². The summed E-state index contributed by atoms with van der Waals surface area (Å²) in [5.74, 6) is -0.843. The minimum Gasteiger partial charge on any atom is -0.457 e. The van der Waals surface area contributed by atoms with Crippen molar-refractivity contribution in [1.82, 2.24) is 0 Å². The van der Waals surface area contributed by atoms with Crippen LogP contribution in [0.2, 0.25) is 0 Å². The molecular weight excluding hydrogens is 280 g/mol. The van der Waals surface area contributed by atoms with Crippen LogP contribution in [-0.2, 0) is 9.53 Å². The third-order valence-corrected chi connectivity index (χ3v) is 3.18. The van der Waals surface area contributed by atoms with Gasteiger partial charge in [0, 0.05) is 0 Å². The predicted octanol–water partition coefficient (Wildman–Crippen LogP) is 2.62. The molecule has 5 nitrogen and oxygen atoms in total. The van der Waals surface area contributed by atoms with E-state index in [9.17, 15) is 9.90 Å². The molecule has 0 heterocycles. The van der Waals surface area contributed by atoms with Gasteiger partial charge in [-0.2, -0.15) is 4.79 Å². The number of carbonyl (C=O) groups excluding carboxylic acids is 1. The molecule has 0 radical (unpaired) electrons. The molecule has 0 spiro atoms. The Morgan fingerprint density at radius 3 is 2.27 bits per heavy atom. The SMILES string of the molecule is CCOC(=O)C(=[N+]=[N-])C(O)c1ccc(-c2ccccc2)cc1. The third kappa shape index (κ3) is 3.47.